The normalized spacial score (nSPS) is 20.0. The molecule has 0 radical (unpaired) electrons. The van der Waals surface area contributed by atoms with Crippen LogP contribution in [0.3, 0.4) is 0 Å². The number of likely N-dealkylation sites (tertiary alicyclic amines) is 1. The molecule has 3 heterocycles. The summed E-state index contributed by atoms with van der Waals surface area (Å²) < 4.78 is 1.57. The van der Waals surface area contributed by atoms with Gasteiger partial charge in [0.2, 0.25) is 0 Å². The molecule has 5 heteroatoms. The minimum atomic E-state index is -0.0364. The number of hydrogen-bond donors (Lipinski definition) is 1. The summed E-state index contributed by atoms with van der Waals surface area (Å²) in [5.41, 5.74) is 2.57. The highest BCUT2D eigenvalue weighted by Gasteiger charge is 2.19. The second-order valence-electron chi connectivity index (χ2n) is 5.94. The molecule has 2 aromatic rings. The molecule has 1 aliphatic heterocycles. The second kappa shape index (κ2) is 5.95. The quantitative estimate of drug-likeness (QED) is 0.922. The molecule has 0 amide bonds. The number of aryl methyl sites for hydroxylation is 1. The molecule has 112 valence electrons. The molecule has 1 atom stereocenters. The summed E-state index contributed by atoms with van der Waals surface area (Å²) in [6.07, 6.45) is 3.95. The van der Waals surface area contributed by atoms with E-state index in [1.807, 2.05) is 19.1 Å². The molecule has 1 unspecified atom stereocenters. The molecule has 21 heavy (non-hydrogen) atoms. The Morgan fingerprint density at radius 1 is 1.43 bits per heavy atom. The summed E-state index contributed by atoms with van der Waals surface area (Å²) in [5, 5.41) is 9.30. The van der Waals surface area contributed by atoms with Gasteiger partial charge >= 0.3 is 0 Å². The van der Waals surface area contributed by atoms with E-state index in [0.29, 0.717) is 18.1 Å². The van der Waals surface area contributed by atoms with Crippen LogP contribution in [0.5, 0.6) is 0 Å². The van der Waals surface area contributed by atoms with Crippen LogP contribution in [0.25, 0.3) is 5.65 Å². The van der Waals surface area contributed by atoms with Crippen LogP contribution in [0.2, 0.25) is 0 Å². The van der Waals surface area contributed by atoms with Crippen molar-refractivity contribution in [3.8, 4) is 0 Å². The van der Waals surface area contributed by atoms with Gasteiger partial charge < -0.3 is 5.11 Å². The average molecular weight is 287 g/mol. The third-order valence-corrected chi connectivity index (χ3v) is 4.12. The van der Waals surface area contributed by atoms with E-state index in [1.165, 1.54) is 0 Å². The molecule has 0 spiro atoms. The van der Waals surface area contributed by atoms with Crippen LogP contribution in [0.15, 0.2) is 29.2 Å². The van der Waals surface area contributed by atoms with Gasteiger partial charge in [-0.1, -0.05) is 0 Å². The fourth-order valence-electron chi connectivity index (χ4n) is 3.01. The van der Waals surface area contributed by atoms with Crippen molar-refractivity contribution in [1.82, 2.24) is 14.3 Å². The summed E-state index contributed by atoms with van der Waals surface area (Å²) in [6, 6.07) is 5.45. The number of fused-ring (bicyclic) bond motifs is 1. The first-order valence-corrected chi connectivity index (χ1v) is 7.48. The Kier molecular flexibility index (Phi) is 4.03. The maximum atomic E-state index is 12.1. The smallest absolute Gasteiger partial charge is 0.258 e. The number of aromatic nitrogens is 2. The Morgan fingerprint density at radius 3 is 3.10 bits per heavy atom. The van der Waals surface area contributed by atoms with Crippen LogP contribution in [-0.4, -0.2) is 39.1 Å². The van der Waals surface area contributed by atoms with Gasteiger partial charge in [-0.25, -0.2) is 4.98 Å². The van der Waals surface area contributed by atoms with Crippen molar-refractivity contribution in [1.29, 1.82) is 0 Å². The topological polar surface area (TPSA) is 57.8 Å². The van der Waals surface area contributed by atoms with Crippen molar-refractivity contribution in [3.63, 3.8) is 0 Å². The SMILES string of the molecule is Cc1ccn2c(=O)cc(CN3CCCC(CO)C3)nc2c1. The summed E-state index contributed by atoms with van der Waals surface area (Å²) in [5.74, 6) is 0.350. The zero-order chi connectivity index (χ0) is 14.8. The highest BCUT2D eigenvalue weighted by atomic mass is 16.3. The van der Waals surface area contributed by atoms with Crippen molar-refractivity contribution in [2.75, 3.05) is 19.7 Å². The number of rotatable bonds is 3. The summed E-state index contributed by atoms with van der Waals surface area (Å²) >= 11 is 0. The van der Waals surface area contributed by atoms with Crippen LogP contribution < -0.4 is 5.56 Å². The molecule has 0 aliphatic carbocycles. The Balaban J connectivity index is 1.85. The van der Waals surface area contributed by atoms with E-state index >= 15 is 0 Å². The molecule has 0 bridgehead atoms. The van der Waals surface area contributed by atoms with E-state index < -0.39 is 0 Å². The first kappa shape index (κ1) is 14.2. The molecular formula is C16H21N3O2. The fourth-order valence-corrected chi connectivity index (χ4v) is 3.01. The molecule has 3 rings (SSSR count). The Bertz CT molecular complexity index is 695. The van der Waals surface area contributed by atoms with Gasteiger partial charge in [-0.3, -0.25) is 14.1 Å². The standard InChI is InChI=1S/C16H21N3O2/c1-12-4-6-19-15(7-12)17-14(8-16(19)21)10-18-5-2-3-13(9-18)11-20/h4,6-8,13,20H,2-3,5,9-11H2,1H3. The van der Waals surface area contributed by atoms with E-state index in [-0.39, 0.29) is 12.2 Å². The predicted molar refractivity (Wildman–Crippen MR) is 81.3 cm³/mol. The molecule has 0 saturated carbocycles. The van der Waals surface area contributed by atoms with Gasteiger partial charge in [-0.05, 0) is 49.9 Å². The lowest BCUT2D eigenvalue weighted by molar-refractivity contribution is 0.115. The van der Waals surface area contributed by atoms with E-state index in [4.69, 9.17) is 0 Å². The van der Waals surface area contributed by atoms with Crippen LogP contribution in [-0.2, 0) is 6.54 Å². The molecule has 5 nitrogen and oxygen atoms in total. The third-order valence-electron chi connectivity index (χ3n) is 4.12. The lowest BCUT2D eigenvalue weighted by Crippen LogP contribution is -2.36. The van der Waals surface area contributed by atoms with Crippen molar-refractivity contribution < 1.29 is 5.11 Å². The third kappa shape index (κ3) is 3.14. The molecule has 2 aromatic heterocycles. The predicted octanol–water partition coefficient (Wildman–Crippen LogP) is 1.21. The Labute approximate surface area is 123 Å². The van der Waals surface area contributed by atoms with E-state index in [1.54, 1.807) is 16.7 Å². The maximum absolute atomic E-state index is 12.1. The lowest BCUT2D eigenvalue weighted by Gasteiger charge is -2.31. The minimum Gasteiger partial charge on any atom is -0.396 e. The van der Waals surface area contributed by atoms with Gasteiger partial charge in [0.05, 0.1) is 5.69 Å². The molecule has 1 aliphatic rings. The first-order valence-electron chi connectivity index (χ1n) is 7.48. The van der Waals surface area contributed by atoms with Crippen LogP contribution in [0.4, 0.5) is 0 Å². The molecule has 1 fully saturated rings. The second-order valence-corrected chi connectivity index (χ2v) is 5.94. The van der Waals surface area contributed by atoms with Crippen LogP contribution >= 0.6 is 0 Å². The van der Waals surface area contributed by atoms with Gasteiger partial charge in [0.25, 0.3) is 5.56 Å². The number of pyridine rings is 1. The first-order chi connectivity index (χ1) is 10.2. The zero-order valence-electron chi connectivity index (χ0n) is 12.3. The van der Waals surface area contributed by atoms with Crippen molar-refractivity contribution >= 4 is 5.65 Å². The summed E-state index contributed by atoms with van der Waals surface area (Å²) in [4.78, 5) is 19.0. The van der Waals surface area contributed by atoms with Gasteiger partial charge in [0, 0.05) is 32.0 Å². The van der Waals surface area contributed by atoms with Crippen LogP contribution in [0.1, 0.15) is 24.1 Å². The minimum absolute atomic E-state index is 0.0364. The largest absolute Gasteiger partial charge is 0.396 e. The number of piperidine rings is 1. The molecule has 1 saturated heterocycles. The highest BCUT2D eigenvalue weighted by Crippen LogP contribution is 2.17. The van der Waals surface area contributed by atoms with Crippen molar-refractivity contribution in [3.05, 3.63) is 46.0 Å². The average Bonchev–Trinajstić information content (AvgIpc) is 2.47. The van der Waals surface area contributed by atoms with Gasteiger partial charge in [0.15, 0.2) is 0 Å². The maximum Gasteiger partial charge on any atom is 0.258 e. The number of aliphatic hydroxyl groups is 1. The van der Waals surface area contributed by atoms with Gasteiger partial charge in [0.1, 0.15) is 5.65 Å². The van der Waals surface area contributed by atoms with E-state index in [9.17, 15) is 9.90 Å². The fraction of sp³-hybridized carbons (Fsp3) is 0.500. The number of hydrogen-bond acceptors (Lipinski definition) is 4. The molecule has 1 N–H and O–H groups in total. The Hall–Kier alpha value is -1.72. The van der Waals surface area contributed by atoms with E-state index in [2.05, 4.69) is 9.88 Å². The van der Waals surface area contributed by atoms with Crippen molar-refractivity contribution in [2.24, 2.45) is 5.92 Å². The number of aliphatic hydroxyl groups excluding tert-OH is 1. The van der Waals surface area contributed by atoms with Gasteiger partial charge in [-0.2, -0.15) is 0 Å². The van der Waals surface area contributed by atoms with Crippen LogP contribution in [0, 0.1) is 12.8 Å². The summed E-state index contributed by atoms with van der Waals surface area (Å²) in [7, 11) is 0. The molecular weight excluding hydrogens is 266 g/mol. The highest BCUT2D eigenvalue weighted by molar-refractivity contribution is 5.41. The van der Waals surface area contributed by atoms with E-state index in [0.717, 1.165) is 37.2 Å². The summed E-state index contributed by atoms with van der Waals surface area (Å²) in [6.45, 7) is 4.80. The van der Waals surface area contributed by atoms with Crippen molar-refractivity contribution in [2.45, 2.75) is 26.3 Å². The number of nitrogens with zero attached hydrogens (tertiary/aromatic N) is 3. The Morgan fingerprint density at radius 2 is 2.29 bits per heavy atom. The zero-order valence-corrected chi connectivity index (χ0v) is 12.3. The monoisotopic (exact) mass is 287 g/mol. The van der Waals surface area contributed by atoms with Gasteiger partial charge in [-0.15, -0.1) is 0 Å². The molecule has 0 aromatic carbocycles. The lowest BCUT2D eigenvalue weighted by atomic mass is 9.99.